The van der Waals surface area contributed by atoms with E-state index in [1.54, 1.807) is 4.90 Å². The van der Waals surface area contributed by atoms with Gasteiger partial charge in [0, 0.05) is 44.2 Å². The van der Waals surface area contributed by atoms with Crippen LogP contribution in [0.5, 0.6) is 5.75 Å². The monoisotopic (exact) mass is 340 g/mol. The van der Waals surface area contributed by atoms with E-state index in [4.69, 9.17) is 5.26 Å². The third-order valence-electron chi connectivity index (χ3n) is 5.59. The van der Waals surface area contributed by atoms with Crippen LogP contribution in [0, 0.1) is 23.2 Å². The van der Waals surface area contributed by atoms with E-state index in [0.29, 0.717) is 24.6 Å². The molecule has 3 saturated heterocycles. The summed E-state index contributed by atoms with van der Waals surface area (Å²) in [4.78, 5) is 31.0. The lowest BCUT2D eigenvalue weighted by molar-refractivity contribution is -0.150. The Balaban J connectivity index is 1.42. The van der Waals surface area contributed by atoms with Crippen molar-refractivity contribution >= 4 is 11.8 Å². The lowest BCUT2D eigenvalue weighted by Crippen LogP contribution is -2.63. The summed E-state index contributed by atoms with van der Waals surface area (Å²) >= 11 is 0. The lowest BCUT2D eigenvalue weighted by Gasteiger charge is -2.47. The summed E-state index contributed by atoms with van der Waals surface area (Å²) in [6.45, 7) is 3.55. The van der Waals surface area contributed by atoms with Gasteiger partial charge >= 0.3 is 0 Å². The Labute approximate surface area is 146 Å². The van der Waals surface area contributed by atoms with Crippen molar-refractivity contribution in [3.8, 4) is 11.8 Å². The predicted octanol–water partition coefficient (Wildman–Crippen LogP) is 0.108. The topological polar surface area (TPSA) is 87.9 Å². The van der Waals surface area contributed by atoms with Crippen LogP contribution in [0.4, 0.5) is 0 Å². The van der Waals surface area contributed by atoms with Crippen LogP contribution in [-0.4, -0.2) is 77.4 Å². The van der Waals surface area contributed by atoms with Crippen molar-refractivity contribution in [2.75, 3.05) is 39.8 Å². The number of fused-ring (bicyclic) bond motifs is 1. The minimum Gasteiger partial charge on any atom is -0.507 e. The number of likely N-dealkylation sites (tertiary alicyclic amines) is 3. The van der Waals surface area contributed by atoms with Gasteiger partial charge in [-0.15, -0.1) is 0 Å². The standard InChI is InChI=1S/C18H20N4O3/c1-20-6-14(7-20)18(25)22-9-13-8-21(10-15(13)22)17(24)11-2-3-16(23)12(4-11)5-19/h2-4,13-15,23H,6-10H2,1H3/t13-,15-/m1/s1. The molecular formula is C18H20N4O3. The van der Waals surface area contributed by atoms with Gasteiger partial charge in [0.25, 0.3) is 5.91 Å². The largest absolute Gasteiger partial charge is 0.507 e. The highest BCUT2D eigenvalue weighted by molar-refractivity contribution is 5.95. The fourth-order valence-electron chi connectivity index (χ4n) is 4.09. The zero-order valence-corrected chi connectivity index (χ0v) is 14.1. The Morgan fingerprint density at radius 2 is 1.96 bits per heavy atom. The smallest absolute Gasteiger partial charge is 0.253 e. The summed E-state index contributed by atoms with van der Waals surface area (Å²) < 4.78 is 0. The van der Waals surface area contributed by atoms with Gasteiger partial charge in [0.15, 0.2) is 0 Å². The van der Waals surface area contributed by atoms with E-state index in [1.165, 1.54) is 18.2 Å². The molecule has 2 atom stereocenters. The molecular weight excluding hydrogens is 320 g/mol. The van der Waals surface area contributed by atoms with Gasteiger partial charge in [-0.3, -0.25) is 9.59 Å². The van der Waals surface area contributed by atoms with Gasteiger partial charge in [-0.1, -0.05) is 0 Å². The molecule has 25 heavy (non-hydrogen) atoms. The van der Waals surface area contributed by atoms with Gasteiger partial charge in [-0.05, 0) is 25.2 Å². The van der Waals surface area contributed by atoms with Gasteiger partial charge < -0.3 is 19.8 Å². The first-order valence-corrected chi connectivity index (χ1v) is 8.49. The van der Waals surface area contributed by atoms with Crippen molar-refractivity contribution < 1.29 is 14.7 Å². The normalized spacial score (nSPS) is 25.8. The van der Waals surface area contributed by atoms with Crippen LogP contribution in [0.25, 0.3) is 0 Å². The molecule has 3 aliphatic heterocycles. The number of nitrogens with zero attached hydrogens (tertiary/aromatic N) is 4. The van der Waals surface area contributed by atoms with E-state index >= 15 is 0 Å². The van der Waals surface area contributed by atoms with Crippen molar-refractivity contribution in [3.63, 3.8) is 0 Å². The quantitative estimate of drug-likeness (QED) is 0.825. The van der Waals surface area contributed by atoms with Crippen LogP contribution in [-0.2, 0) is 4.79 Å². The average molecular weight is 340 g/mol. The predicted molar refractivity (Wildman–Crippen MR) is 88.7 cm³/mol. The Morgan fingerprint density at radius 1 is 1.20 bits per heavy atom. The molecule has 4 rings (SSSR count). The fraction of sp³-hybridized carbons (Fsp3) is 0.500. The molecule has 7 heteroatoms. The van der Waals surface area contributed by atoms with Crippen molar-refractivity contribution in [2.24, 2.45) is 11.8 Å². The molecule has 1 N–H and O–H groups in total. The van der Waals surface area contributed by atoms with Crippen molar-refractivity contribution in [3.05, 3.63) is 29.3 Å². The number of carbonyl (C=O) groups excluding carboxylic acids is 2. The fourth-order valence-corrected chi connectivity index (χ4v) is 4.09. The van der Waals surface area contributed by atoms with Crippen LogP contribution in [0.15, 0.2) is 18.2 Å². The molecule has 1 aromatic carbocycles. The first-order chi connectivity index (χ1) is 12.0. The lowest BCUT2D eigenvalue weighted by atomic mass is 9.88. The van der Waals surface area contributed by atoms with Crippen molar-refractivity contribution in [1.29, 1.82) is 5.26 Å². The van der Waals surface area contributed by atoms with E-state index in [0.717, 1.165) is 19.6 Å². The first-order valence-electron chi connectivity index (χ1n) is 8.49. The van der Waals surface area contributed by atoms with E-state index in [9.17, 15) is 14.7 Å². The Hall–Kier alpha value is -2.59. The molecule has 3 aliphatic rings. The third kappa shape index (κ3) is 2.53. The second kappa shape index (κ2) is 5.74. The molecule has 130 valence electrons. The number of benzene rings is 1. The second-order valence-corrected chi connectivity index (χ2v) is 7.29. The number of aromatic hydroxyl groups is 1. The van der Waals surface area contributed by atoms with Crippen molar-refractivity contribution in [2.45, 2.75) is 6.04 Å². The van der Waals surface area contributed by atoms with Gasteiger partial charge in [0.1, 0.15) is 11.8 Å². The molecule has 0 aliphatic carbocycles. The number of carbonyl (C=O) groups is 2. The molecule has 0 spiro atoms. The molecule has 0 unspecified atom stereocenters. The van der Waals surface area contributed by atoms with E-state index in [-0.39, 0.29) is 35.1 Å². The van der Waals surface area contributed by atoms with Crippen LogP contribution >= 0.6 is 0 Å². The number of hydrogen-bond acceptors (Lipinski definition) is 5. The molecule has 0 radical (unpaired) electrons. The minimum absolute atomic E-state index is 0.0962. The van der Waals surface area contributed by atoms with E-state index in [1.807, 2.05) is 18.0 Å². The SMILES string of the molecule is CN1CC(C(=O)N2C[C@H]3CN(C(=O)c4ccc(O)c(C#N)c4)C[C@H]32)C1. The molecule has 0 saturated carbocycles. The summed E-state index contributed by atoms with van der Waals surface area (Å²) in [5.41, 5.74) is 0.494. The maximum atomic E-state index is 12.7. The zero-order valence-electron chi connectivity index (χ0n) is 14.1. The number of nitriles is 1. The molecule has 0 aromatic heterocycles. The minimum atomic E-state index is -0.151. The highest BCUT2D eigenvalue weighted by Gasteiger charge is 2.51. The molecule has 2 amide bonds. The molecule has 0 bridgehead atoms. The number of hydrogen-bond donors (Lipinski definition) is 1. The summed E-state index contributed by atoms with van der Waals surface area (Å²) in [5.74, 6) is 0.388. The van der Waals surface area contributed by atoms with Gasteiger partial charge in [-0.2, -0.15) is 5.26 Å². The first kappa shape index (κ1) is 15.9. The van der Waals surface area contributed by atoms with Gasteiger partial charge in [-0.25, -0.2) is 0 Å². The summed E-state index contributed by atoms with van der Waals surface area (Å²) in [5, 5.41) is 18.6. The molecule has 7 nitrogen and oxygen atoms in total. The Morgan fingerprint density at radius 3 is 2.64 bits per heavy atom. The number of phenolic OH excluding ortho intramolecular Hbond substituents is 1. The maximum Gasteiger partial charge on any atom is 0.253 e. The van der Waals surface area contributed by atoms with Crippen molar-refractivity contribution in [1.82, 2.24) is 14.7 Å². The van der Waals surface area contributed by atoms with Crippen LogP contribution in [0.2, 0.25) is 0 Å². The highest BCUT2D eigenvalue weighted by atomic mass is 16.3. The molecule has 3 fully saturated rings. The Bertz CT molecular complexity index is 781. The average Bonchev–Trinajstić information content (AvgIpc) is 2.88. The highest BCUT2D eigenvalue weighted by Crippen LogP contribution is 2.35. The maximum absolute atomic E-state index is 12.7. The van der Waals surface area contributed by atoms with Crippen LogP contribution < -0.4 is 0 Å². The number of amides is 2. The van der Waals surface area contributed by atoms with Gasteiger partial charge in [0.05, 0.1) is 17.5 Å². The van der Waals surface area contributed by atoms with Crippen LogP contribution in [0.1, 0.15) is 15.9 Å². The Kier molecular flexibility index (Phi) is 3.65. The second-order valence-electron chi connectivity index (χ2n) is 7.29. The van der Waals surface area contributed by atoms with Gasteiger partial charge in [0.2, 0.25) is 5.91 Å². The number of rotatable bonds is 2. The molecule has 1 aromatic rings. The third-order valence-corrected chi connectivity index (χ3v) is 5.59. The van der Waals surface area contributed by atoms with Crippen LogP contribution in [0.3, 0.4) is 0 Å². The van der Waals surface area contributed by atoms with E-state index in [2.05, 4.69) is 4.90 Å². The summed E-state index contributed by atoms with van der Waals surface area (Å²) in [7, 11) is 2.01. The summed E-state index contributed by atoms with van der Waals surface area (Å²) in [6, 6.07) is 6.33. The zero-order chi connectivity index (χ0) is 17.7. The molecule has 3 heterocycles. The van der Waals surface area contributed by atoms with E-state index < -0.39 is 0 Å². The number of phenols is 1. The summed E-state index contributed by atoms with van der Waals surface area (Å²) in [6.07, 6.45) is 0.